The molecule has 1 aromatic carbocycles. The van der Waals surface area contributed by atoms with Gasteiger partial charge in [0.05, 0.1) is 11.9 Å². The van der Waals surface area contributed by atoms with Crippen molar-refractivity contribution in [3.05, 3.63) is 55.0 Å². The fourth-order valence-electron chi connectivity index (χ4n) is 2.35. The topological polar surface area (TPSA) is 105 Å². The van der Waals surface area contributed by atoms with Crippen molar-refractivity contribution in [1.29, 1.82) is 0 Å². The second-order valence-corrected chi connectivity index (χ2v) is 7.11. The predicted octanol–water partition coefficient (Wildman–Crippen LogP) is 2.28. The molecular weight excluding hydrogens is 344 g/mol. The summed E-state index contributed by atoms with van der Waals surface area (Å²) in [6.07, 6.45) is 5.54. The first-order valence-electron chi connectivity index (χ1n) is 7.60. The normalized spacial score (nSPS) is 11.6. The van der Waals surface area contributed by atoms with Gasteiger partial charge in [-0.3, -0.25) is 4.55 Å². The zero-order valence-corrected chi connectivity index (χ0v) is 14.1. The Balaban J connectivity index is 1.69. The number of aryl methyl sites for hydroxylation is 1. The van der Waals surface area contributed by atoms with E-state index in [9.17, 15) is 13.5 Å². The average molecular weight is 361 g/mol. The Morgan fingerprint density at radius 2 is 1.72 bits per heavy atom. The largest absolute Gasteiger partial charge is 0.508 e. The molecule has 2 aromatic heterocycles. The molecule has 3 aromatic rings. The average Bonchev–Trinajstić information content (AvgIpc) is 3.05. The summed E-state index contributed by atoms with van der Waals surface area (Å²) in [5.41, 5.74) is 1.60. The number of oxazole rings is 1. The van der Waals surface area contributed by atoms with Crippen LogP contribution >= 0.6 is 0 Å². The van der Waals surface area contributed by atoms with Crippen LogP contribution in [0.3, 0.4) is 0 Å². The molecule has 0 bridgehead atoms. The number of benzene rings is 1. The highest BCUT2D eigenvalue weighted by Gasteiger charge is 2.11. The van der Waals surface area contributed by atoms with Crippen LogP contribution in [0, 0.1) is 0 Å². The standard InChI is InChI=1S/C17H16N2O5S/c20-15-4-2-13(3-5-15)16-12-18-17(24-16)14-6-9-19(10-7-14)8-1-11-25(21,22)23/h2-7,9-10,12H,1,8,11H2,(H,21,22,23)/p+1. The van der Waals surface area contributed by atoms with Crippen LogP contribution in [0.2, 0.25) is 0 Å². The van der Waals surface area contributed by atoms with E-state index in [4.69, 9.17) is 8.97 Å². The lowest BCUT2D eigenvalue weighted by Crippen LogP contribution is -2.33. The Bertz CT molecular complexity index is 947. The fourth-order valence-corrected chi connectivity index (χ4v) is 2.84. The van der Waals surface area contributed by atoms with Crippen molar-refractivity contribution in [2.24, 2.45) is 0 Å². The van der Waals surface area contributed by atoms with Gasteiger partial charge in [-0.15, -0.1) is 0 Å². The van der Waals surface area contributed by atoms with Crippen LogP contribution in [0.1, 0.15) is 6.42 Å². The number of hydrogen-bond acceptors (Lipinski definition) is 5. The molecule has 0 unspecified atom stereocenters. The molecule has 130 valence electrons. The summed E-state index contributed by atoms with van der Waals surface area (Å²) in [4.78, 5) is 4.26. The predicted molar refractivity (Wildman–Crippen MR) is 90.3 cm³/mol. The van der Waals surface area contributed by atoms with E-state index in [1.54, 1.807) is 42.9 Å². The Labute approximate surface area is 145 Å². The molecule has 2 N–H and O–H groups in total. The molecule has 0 radical (unpaired) electrons. The first-order chi connectivity index (χ1) is 11.9. The second kappa shape index (κ2) is 7.04. The van der Waals surface area contributed by atoms with Crippen molar-refractivity contribution in [2.45, 2.75) is 13.0 Å². The summed E-state index contributed by atoms with van der Waals surface area (Å²) in [7, 11) is -3.93. The molecule has 0 fully saturated rings. The lowest BCUT2D eigenvalue weighted by atomic mass is 10.2. The monoisotopic (exact) mass is 361 g/mol. The molecule has 25 heavy (non-hydrogen) atoms. The highest BCUT2D eigenvalue weighted by atomic mass is 32.2. The summed E-state index contributed by atoms with van der Waals surface area (Å²) in [5.74, 6) is 0.982. The molecule has 0 saturated carbocycles. The number of nitrogens with zero attached hydrogens (tertiary/aromatic N) is 2. The minimum Gasteiger partial charge on any atom is -0.508 e. The van der Waals surface area contributed by atoms with E-state index in [0.29, 0.717) is 24.6 Å². The third-order valence-electron chi connectivity index (χ3n) is 3.61. The fraction of sp³-hybridized carbons (Fsp3) is 0.176. The van der Waals surface area contributed by atoms with Crippen LogP contribution in [0.5, 0.6) is 5.75 Å². The third-order valence-corrected chi connectivity index (χ3v) is 4.42. The van der Waals surface area contributed by atoms with Gasteiger partial charge in [0.25, 0.3) is 10.1 Å². The Morgan fingerprint density at radius 3 is 2.36 bits per heavy atom. The molecule has 2 heterocycles. The first-order valence-corrected chi connectivity index (χ1v) is 9.21. The van der Waals surface area contributed by atoms with Crippen LogP contribution in [-0.4, -0.2) is 28.8 Å². The number of phenols is 1. The van der Waals surface area contributed by atoms with Gasteiger partial charge in [-0.25, -0.2) is 9.55 Å². The Kier molecular flexibility index (Phi) is 4.82. The minimum absolute atomic E-state index is 0.185. The van der Waals surface area contributed by atoms with E-state index in [2.05, 4.69) is 4.98 Å². The van der Waals surface area contributed by atoms with E-state index in [-0.39, 0.29) is 11.5 Å². The van der Waals surface area contributed by atoms with E-state index < -0.39 is 10.1 Å². The van der Waals surface area contributed by atoms with Gasteiger partial charge in [0.1, 0.15) is 12.3 Å². The van der Waals surface area contributed by atoms with Crippen LogP contribution in [-0.2, 0) is 16.7 Å². The van der Waals surface area contributed by atoms with Gasteiger partial charge < -0.3 is 9.52 Å². The molecule has 0 amide bonds. The molecule has 0 aliphatic carbocycles. The summed E-state index contributed by atoms with van der Waals surface area (Å²) in [5, 5.41) is 9.32. The lowest BCUT2D eigenvalue weighted by molar-refractivity contribution is -0.696. The Morgan fingerprint density at radius 1 is 1.04 bits per heavy atom. The quantitative estimate of drug-likeness (QED) is 0.515. The van der Waals surface area contributed by atoms with Gasteiger partial charge >= 0.3 is 0 Å². The van der Waals surface area contributed by atoms with Crippen molar-refractivity contribution in [1.82, 2.24) is 4.98 Å². The molecule has 3 rings (SSSR count). The molecule has 7 nitrogen and oxygen atoms in total. The van der Waals surface area contributed by atoms with Crippen LogP contribution in [0.4, 0.5) is 0 Å². The summed E-state index contributed by atoms with van der Waals surface area (Å²) in [6, 6.07) is 10.3. The van der Waals surface area contributed by atoms with Crippen molar-refractivity contribution in [2.75, 3.05) is 5.75 Å². The second-order valence-electron chi connectivity index (χ2n) is 5.54. The van der Waals surface area contributed by atoms with Crippen LogP contribution in [0.15, 0.2) is 59.4 Å². The van der Waals surface area contributed by atoms with Crippen molar-refractivity contribution >= 4 is 10.1 Å². The molecular formula is C17H17N2O5S+. The SMILES string of the molecule is O=S(=O)(O)CCC[n+]1ccc(-c2ncc(-c3ccc(O)cc3)o2)cc1. The number of aromatic nitrogens is 2. The van der Waals surface area contributed by atoms with Gasteiger partial charge in [0, 0.05) is 29.7 Å². The number of aromatic hydroxyl groups is 1. The highest BCUT2D eigenvalue weighted by Crippen LogP contribution is 2.26. The van der Waals surface area contributed by atoms with Gasteiger partial charge in [0.2, 0.25) is 5.89 Å². The van der Waals surface area contributed by atoms with Gasteiger partial charge in [0.15, 0.2) is 18.2 Å². The van der Waals surface area contributed by atoms with E-state index in [1.165, 1.54) is 0 Å². The van der Waals surface area contributed by atoms with Crippen molar-refractivity contribution in [3.63, 3.8) is 0 Å². The maximum Gasteiger partial charge on any atom is 0.265 e. The minimum atomic E-state index is -3.93. The molecule has 0 saturated heterocycles. The van der Waals surface area contributed by atoms with Gasteiger partial charge in [-0.1, -0.05) is 0 Å². The van der Waals surface area contributed by atoms with Gasteiger partial charge in [-0.05, 0) is 24.3 Å². The zero-order valence-electron chi connectivity index (χ0n) is 13.2. The van der Waals surface area contributed by atoms with Crippen LogP contribution < -0.4 is 4.57 Å². The Hall–Kier alpha value is -2.71. The zero-order chi connectivity index (χ0) is 17.9. The van der Waals surface area contributed by atoms with Crippen molar-refractivity contribution < 1.29 is 27.1 Å². The van der Waals surface area contributed by atoms with E-state index >= 15 is 0 Å². The molecule has 0 spiro atoms. The molecule has 0 atom stereocenters. The van der Waals surface area contributed by atoms with E-state index in [1.807, 2.05) is 16.7 Å². The molecule has 8 heteroatoms. The van der Waals surface area contributed by atoms with Gasteiger partial charge in [-0.2, -0.15) is 8.42 Å². The highest BCUT2D eigenvalue weighted by molar-refractivity contribution is 7.85. The van der Waals surface area contributed by atoms with E-state index in [0.717, 1.165) is 11.1 Å². The molecule has 0 aliphatic heterocycles. The lowest BCUT2D eigenvalue weighted by Gasteiger charge is -1.98. The smallest absolute Gasteiger partial charge is 0.265 e. The molecule has 0 aliphatic rings. The van der Waals surface area contributed by atoms with Crippen molar-refractivity contribution in [3.8, 4) is 28.5 Å². The first kappa shape index (κ1) is 17.1. The maximum absolute atomic E-state index is 10.7. The maximum atomic E-state index is 10.7. The third kappa shape index (κ3) is 4.65. The summed E-state index contributed by atoms with van der Waals surface area (Å²) < 4.78 is 37.7. The summed E-state index contributed by atoms with van der Waals surface area (Å²) in [6.45, 7) is 0.477. The number of pyridine rings is 1. The summed E-state index contributed by atoms with van der Waals surface area (Å²) >= 11 is 0. The number of rotatable bonds is 6. The number of hydrogen-bond donors (Lipinski definition) is 2. The number of phenolic OH excluding ortho intramolecular Hbond substituents is 1. The van der Waals surface area contributed by atoms with Crippen LogP contribution in [0.25, 0.3) is 22.8 Å².